The van der Waals surface area contributed by atoms with Gasteiger partial charge in [-0.05, 0) is 13.0 Å². The molecule has 3 nitrogen and oxygen atoms in total. The summed E-state index contributed by atoms with van der Waals surface area (Å²) in [7, 11) is -2.92. The molecule has 0 aromatic rings. The van der Waals surface area contributed by atoms with E-state index in [9.17, 15) is 8.42 Å². The van der Waals surface area contributed by atoms with Crippen molar-refractivity contribution in [2.75, 3.05) is 30.5 Å². The van der Waals surface area contributed by atoms with E-state index in [2.05, 4.69) is 12.2 Å². The fourth-order valence-electron chi connectivity index (χ4n) is 1.25. The molecular formula is C10H22ClNO2S. The third-order valence-corrected chi connectivity index (χ3v) is 4.25. The van der Waals surface area contributed by atoms with E-state index in [0.717, 1.165) is 13.0 Å². The Morgan fingerprint density at radius 2 is 1.80 bits per heavy atom. The number of nitrogens with one attached hydrogen (secondary N) is 1. The molecule has 0 aromatic carbocycles. The number of halogens is 1. The van der Waals surface area contributed by atoms with Crippen molar-refractivity contribution in [1.82, 2.24) is 5.32 Å². The smallest absolute Gasteiger partial charge is 0.152 e. The lowest BCUT2D eigenvalue weighted by atomic mass is 10.2. The lowest BCUT2D eigenvalue weighted by Crippen LogP contribution is -2.25. The quantitative estimate of drug-likeness (QED) is 0.478. The van der Waals surface area contributed by atoms with Crippen LogP contribution in [0.1, 0.15) is 32.6 Å². The second kappa shape index (κ2) is 9.43. The maximum atomic E-state index is 11.2. The van der Waals surface area contributed by atoms with Crippen molar-refractivity contribution in [3.8, 4) is 0 Å². The van der Waals surface area contributed by atoms with E-state index in [4.69, 9.17) is 11.6 Å². The highest BCUT2D eigenvalue weighted by Crippen LogP contribution is 1.97. The molecule has 1 N–H and O–H groups in total. The van der Waals surface area contributed by atoms with Crippen LogP contribution >= 0.6 is 11.6 Å². The summed E-state index contributed by atoms with van der Waals surface area (Å²) < 4.78 is 22.5. The van der Waals surface area contributed by atoms with Crippen molar-refractivity contribution in [3.05, 3.63) is 0 Å². The first-order chi connectivity index (χ1) is 7.12. The fourth-order valence-corrected chi connectivity index (χ4v) is 2.85. The monoisotopic (exact) mass is 255 g/mol. The fraction of sp³-hybridized carbons (Fsp3) is 1.00. The van der Waals surface area contributed by atoms with E-state index >= 15 is 0 Å². The van der Waals surface area contributed by atoms with Gasteiger partial charge in [-0.2, -0.15) is 0 Å². The van der Waals surface area contributed by atoms with Crippen LogP contribution in [0, 0.1) is 0 Å². The Balaban J connectivity index is 3.31. The van der Waals surface area contributed by atoms with Crippen LogP contribution in [0.2, 0.25) is 0 Å². The SMILES string of the molecule is CCCCCCNCCS(=O)(=O)CCCl. The topological polar surface area (TPSA) is 46.2 Å². The summed E-state index contributed by atoms with van der Waals surface area (Å²) in [6.45, 7) is 3.63. The van der Waals surface area contributed by atoms with Gasteiger partial charge in [0.05, 0.1) is 11.5 Å². The molecule has 0 fully saturated rings. The van der Waals surface area contributed by atoms with Crippen LogP contribution < -0.4 is 5.32 Å². The predicted octanol–water partition coefficient (Wildman–Crippen LogP) is 1.81. The van der Waals surface area contributed by atoms with E-state index in [0.29, 0.717) is 6.54 Å². The Bertz CT molecular complexity index is 230. The van der Waals surface area contributed by atoms with Gasteiger partial charge in [0.2, 0.25) is 0 Å². The van der Waals surface area contributed by atoms with Crippen molar-refractivity contribution >= 4 is 21.4 Å². The van der Waals surface area contributed by atoms with Crippen LogP contribution in [0.15, 0.2) is 0 Å². The van der Waals surface area contributed by atoms with Gasteiger partial charge in [0, 0.05) is 12.4 Å². The van der Waals surface area contributed by atoms with Gasteiger partial charge >= 0.3 is 0 Å². The minimum absolute atomic E-state index is 0.0894. The molecule has 0 bridgehead atoms. The number of rotatable bonds is 10. The van der Waals surface area contributed by atoms with Crippen molar-refractivity contribution in [2.45, 2.75) is 32.6 Å². The average molecular weight is 256 g/mol. The number of hydrogen-bond donors (Lipinski definition) is 1. The van der Waals surface area contributed by atoms with Gasteiger partial charge in [0.25, 0.3) is 0 Å². The third-order valence-electron chi connectivity index (χ3n) is 2.19. The maximum Gasteiger partial charge on any atom is 0.152 e. The summed E-state index contributed by atoms with van der Waals surface area (Å²) in [5.41, 5.74) is 0. The minimum atomic E-state index is -2.92. The molecule has 0 amide bonds. The Morgan fingerprint density at radius 3 is 2.40 bits per heavy atom. The van der Waals surface area contributed by atoms with E-state index in [1.165, 1.54) is 19.3 Å². The second-order valence-electron chi connectivity index (χ2n) is 3.65. The molecule has 0 rings (SSSR count). The van der Waals surface area contributed by atoms with Crippen LogP contribution in [0.4, 0.5) is 0 Å². The lowest BCUT2D eigenvalue weighted by molar-refractivity contribution is 0.584. The van der Waals surface area contributed by atoms with Gasteiger partial charge in [-0.15, -0.1) is 11.6 Å². The summed E-state index contributed by atoms with van der Waals surface area (Å²) in [6.07, 6.45) is 4.83. The molecule has 0 saturated heterocycles. The van der Waals surface area contributed by atoms with Crippen molar-refractivity contribution in [3.63, 3.8) is 0 Å². The number of unbranched alkanes of at least 4 members (excludes halogenated alkanes) is 3. The summed E-state index contributed by atoms with van der Waals surface area (Å²) in [4.78, 5) is 0. The zero-order chi connectivity index (χ0) is 11.6. The summed E-state index contributed by atoms with van der Waals surface area (Å²) >= 11 is 5.38. The highest BCUT2D eigenvalue weighted by atomic mass is 35.5. The molecule has 0 heterocycles. The zero-order valence-corrected chi connectivity index (χ0v) is 11.0. The molecule has 0 aromatic heterocycles. The van der Waals surface area contributed by atoms with Gasteiger partial charge < -0.3 is 5.32 Å². The molecule has 0 radical (unpaired) electrons. The van der Waals surface area contributed by atoms with E-state index in [-0.39, 0.29) is 17.4 Å². The molecule has 0 aliphatic heterocycles. The normalized spacial score (nSPS) is 11.9. The van der Waals surface area contributed by atoms with Crippen LogP contribution in [-0.2, 0) is 9.84 Å². The molecule has 0 unspecified atom stereocenters. The van der Waals surface area contributed by atoms with Gasteiger partial charge in [-0.1, -0.05) is 26.2 Å². The van der Waals surface area contributed by atoms with Crippen LogP contribution in [0.5, 0.6) is 0 Å². The molecule has 15 heavy (non-hydrogen) atoms. The van der Waals surface area contributed by atoms with E-state index < -0.39 is 9.84 Å². The van der Waals surface area contributed by atoms with E-state index in [1.54, 1.807) is 0 Å². The van der Waals surface area contributed by atoms with Crippen LogP contribution in [-0.4, -0.2) is 38.9 Å². The van der Waals surface area contributed by atoms with Gasteiger partial charge in [-0.25, -0.2) is 8.42 Å². The molecular weight excluding hydrogens is 234 g/mol. The van der Waals surface area contributed by atoms with Crippen molar-refractivity contribution in [1.29, 1.82) is 0 Å². The maximum absolute atomic E-state index is 11.2. The molecule has 5 heteroatoms. The number of hydrogen-bond acceptors (Lipinski definition) is 3. The summed E-state index contributed by atoms with van der Waals surface area (Å²) in [5.74, 6) is 0.485. The Kier molecular flexibility index (Phi) is 9.55. The molecule has 0 aliphatic carbocycles. The zero-order valence-electron chi connectivity index (χ0n) is 9.47. The lowest BCUT2D eigenvalue weighted by Gasteiger charge is -2.04. The first kappa shape index (κ1) is 15.2. The van der Waals surface area contributed by atoms with Crippen molar-refractivity contribution in [2.24, 2.45) is 0 Å². The van der Waals surface area contributed by atoms with Crippen LogP contribution in [0.3, 0.4) is 0 Å². The first-order valence-electron chi connectivity index (χ1n) is 5.59. The molecule has 92 valence electrons. The van der Waals surface area contributed by atoms with Gasteiger partial charge in [0.1, 0.15) is 0 Å². The summed E-state index contributed by atoms with van der Waals surface area (Å²) in [5, 5.41) is 3.14. The number of sulfone groups is 1. The minimum Gasteiger partial charge on any atom is -0.316 e. The largest absolute Gasteiger partial charge is 0.316 e. The Morgan fingerprint density at radius 1 is 1.07 bits per heavy atom. The molecule has 0 aliphatic rings. The van der Waals surface area contributed by atoms with E-state index in [1.807, 2.05) is 0 Å². The molecule has 0 atom stereocenters. The van der Waals surface area contributed by atoms with Gasteiger partial charge in [-0.3, -0.25) is 0 Å². The Labute approximate surface area is 98.5 Å². The third kappa shape index (κ3) is 10.5. The predicted molar refractivity (Wildman–Crippen MR) is 66.4 cm³/mol. The van der Waals surface area contributed by atoms with Crippen LogP contribution in [0.25, 0.3) is 0 Å². The Hall–Kier alpha value is 0.200. The molecule has 0 spiro atoms. The van der Waals surface area contributed by atoms with Crippen molar-refractivity contribution < 1.29 is 8.42 Å². The highest BCUT2D eigenvalue weighted by molar-refractivity contribution is 7.91. The summed E-state index contributed by atoms with van der Waals surface area (Å²) in [6, 6.07) is 0. The standard InChI is InChI=1S/C10H22ClNO2S/c1-2-3-4-5-7-12-8-10-15(13,14)9-6-11/h12H,2-10H2,1H3. The average Bonchev–Trinajstić information content (AvgIpc) is 2.16. The highest BCUT2D eigenvalue weighted by Gasteiger charge is 2.08. The first-order valence-corrected chi connectivity index (χ1v) is 7.95. The van der Waals surface area contributed by atoms with Gasteiger partial charge in [0.15, 0.2) is 9.84 Å². The molecule has 0 saturated carbocycles. The number of alkyl halides is 1. The second-order valence-corrected chi connectivity index (χ2v) is 6.33.